The lowest BCUT2D eigenvalue weighted by atomic mass is 10.2. The molecule has 1 saturated heterocycles. The third-order valence-electron chi connectivity index (χ3n) is 2.54. The number of nitrogens with zero attached hydrogens (tertiary/aromatic N) is 1. The summed E-state index contributed by atoms with van der Waals surface area (Å²) in [6.45, 7) is 1.83. The zero-order valence-electron chi connectivity index (χ0n) is 8.45. The van der Waals surface area contributed by atoms with E-state index in [4.69, 9.17) is 5.73 Å². The minimum absolute atomic E-state index is 0.0715. The van der Waals surface area contributed by atoms with Crippen molar-refractivity contribution in [2.24, 2.45) is 5.73 Å². The van der Waals surface area contributed by atoms with Crippen LogP contribution >= 0.6 is 12.2 Å². The van der Waals surface area contributed by atoms with Gasteiger partial charge in [-0.25, -0.2) is 0 Å². The molecule has 0 spiro atoms. The number of nitrogens with two attached hydrogens (primary N) is 1. The smallest absolute Gasteiger partial charge is 0.226 e. The summed E-state index contributed by atoms with van der Waals surface area (Å²) in [6.07, 6.45) is 2.53. The van der Waals surface area contributed by atoms with E-state index in [2.05, 4.69) is 29.5 Å². The van der Waals surface area contributed by atoms with Crippen LogP contribution in [0.5, 0.6) is 0 Å². The highest BCUT2D eigenvalue weighted by atomic mass is 32.1. The van der Waals surface area contributed by atoms with Crippen molar-refractivity contribution in [2.75, 3.05) is 20.1 Å². The molecular weight excluding hydrogens is 198 g/mol. The molecule has 14 heavy (non-hydrogen) atoms. The number of nitrogens with one attached hydrogen (secondary N) is 1. The molecule has 1 rings (SSSR count). The lowest BCUT2D eigenvalue weighted by Crippen LogP contribution is -2.39. The Kier molecular flexibility index (Phi) is 4.28. The van der Waals surface area contributed by atoms with Gasteiger partial charge < -0.3 is 16.0 Å². The van der Waals surface area contributed by atoms with Gasteiger partial charge in [0.25, 0.3) is 0 Å². The summed E-state index contributed by atoms with van der Waals surface area (Å²) in [4.78, 5) is 13.7. The second-order valence-corrected chi connectivity index (χ2v) is 4.25. The first-order valence-corrected chi connectivity index (χ1v) is 5.25. The number of likely N-dealkylation sites (tertiary alicyclic amines) is 1. The molecule has 0 aliphatic carbocycles. The highest BCUT2D eigenvalue weighted by Crippen LogP contribution is 2.13. The van der Waals surface area contributed by atoms with Gasteiger partial charge in [-0.3, -0.25) is 4.79 Å². The maximum atomic E-state index is 11.2. The molecule has 0 aromatic heterocycles. The number of hydrogen-bond acceptors (Lipinski definition) is 3. The maximum Gasteiger partial charge on any atom is 0.226 e. The summed E-state index contributed by atoms with van der Waals surface area (Å²) in [5, 5.41) is 2.84. The summed E-state index contributed by atoms with van der Waals surface area (Å²) >= 11 is 4.65. The van der Waals surface area contributed by atoms with Crippen molar-refractivity contribution in [1.29, 1.82) is 0 Å². The Hall–Kier alpha value is -0.680. The van der Waals surface area contributed by atoms with E-state index in [1.807, 2.05) is 0 Å². The van der Waals surface area contributed by atoms with Crippen LogP contribution in [0.15, 0.2) is 0 Å². The van der Waals surface area contributed by atoms with Gasteiger partial charge in [0.05, 0.1) is 11.4 Å². The van der Waals surface area contributed by atoms with Crippen molar-refractivity contribution in [2.45, 2.75) is 25.3 Å². The fourth-order valence-corrected chi connectivity index (χ4v) is 1.82. The van der Waals surface area contributed by atoms with Crippen molar-refractivity contribution in [3.8, 4) is 0 Å². The quantitative estimate of drug-likeness (QED) is 0.642. The van der Waals surface area contributed by atoms with Gasteiger partial charge in [-0.05, 0) is 26.4 Å². The van der Waals surface area contributed by atoms with Crippen molar-refractivity contribution in [1.82, 2.24) is 10.2 Å². The van der Waals surface area contributed by atoms with Crippen molar-refractivity contribution in [3.05, 3.63) is 0 Å². The molecule has 0 aromatic rings. The Morgan fingerprint density at radius 2 is 2.43 bits per heavy atom. The average molecular weight is 215 g/mol. The standard InChI is InChI=1S/C9H17N3OS/c1-12-4-2-3-7(12)6-11-9(13)5-8(10)14/h7H,2-6H2,1H3,(H2,10,14)(H,11,13). The van der Waals surface area contributed by atoms with E-state index in [1.54, 1.807) is 0 Å². The van der Waals surface area contributed by atoms with Crippen LogP contribution in [0.1, 0.15) is 19.3 Å². The van der Waals surface area contributed by atoms with Gasteiger partial charge in [0.2, 0.25) is 5.91 Å². The van der Waals surface area contributed by atoms with E-state index in [-0.39, 0.29) is 17.3 Å². The Bertz CT molecular complexity index is 232. The highest BCUT2D eigenvalue weighted by molar-refractivity contribution is 7.80. The van der Waals surface area contributed by atoms with Crippen LogP contribution in [0.25, 0.3) is 0 Å². The van der Waals surface area contributed by atoms with Crippen molar-refractivity contribution >= 4 is 23.1 Å². The van der Waals surface area contributed by atoms with E-state index >= 15 is 0 Å². The number of thiocarbonyl (C=S) groups is 1. The summed E-state index contributed by atoms with van der Waals surface area (Å²) in [5.41, 5.74) is 5.26. The molecule has 0 saturated carbocycles. The molecule has 0 bridgehead atoms. The molecule has 5 heteroatoms. The zero-order valence-corrected chi connectivity index (χ0v) is 9.27. The lowest BCUT2D eigenvalue weighted by Gasteiger charge is -2.19. The first-order valence-electron chi connectivity index (χ1n) is 4.85. The van der Waals surface area contributed by atoms with Gasteiger partial charge in [0, 0.05) is 12.6 Å². The van der Waals surface area contributed by atoms with Crippen LogP contribution < -0.4 is 11.1 Å². The Balaban J connectivity index is 2.19. The minimum atomic E-state index is -0.0715. The van der Waals surface area contributed by atoms with Gasteiger partial charge in [-0.1, -0.05) is 12.2 Å². The van der Waals surface area contributed by atoms with Crippen LogP contribution in [-0.2, 0) is 4.79 Å². The van der Waals surface area contributed by atoms with Crippen molar-refractivity contribution < 1.29 is 4.79 Å². The Morgan fingerprint density at radius 3 is 2.93 bits per heavy atom. The number of hydrogen-bond donors (Lipinski definition) is 2. The predicted molar refractivity (Wildman–Crippen MR) is 60.1 cm³/mol. The van der Waals surface area contributed by atoms with Gasteiger partial charge >= 0.3 is 0 Å². The van der Waals surface area contributed by atoms with Gasteiger partial charge in [-0.15, -0.1) is 0 Å². The molecule has 1 aliphatic rings. The molecule has 1 fully saturated rings. The normalized spacial score (nSPS) is 22.2. The van der Waals surface area contributed by atoms with Crippen LogP contribution in [0.2, 0.25) is 0 Å². The van der Waals surface area contributed by atoms with Crippen LogP contribution in [-0.4, -0.2) is 42.0 Å². The molecule has 1 amide bonds. The van der Waals surface area contributed by atoms with E-state index in [1.165, 1.54) is 6.42 Å². The first-order chi connectivity index (χ1) is 6.59. The Labute approximate surface area is 89.8 Å². The number of carbonyl (C=O) groups is 1. The Morgan fingerprint density at radius 1 is 1.71 bits per heavy atom. The monoisotopic (exact) mass is 215 g/mol. The van der Waals surface area contributed by atoms with E-state index in [0.29, 0.717) is 12.6 Å². The second kappa shape index (κ2) is 5.26. The summed E-state index contributed by atoms with van der Waals surface area (Å²) in [6, 6.07) is 0.477. The number of likely N-dealkylation sites (N-methyl/N-ethyl adjacent to an activating group) is 1. The summed E-state index contributed by atoms with van der Waals surface area (Å²) < 4.78 is 0. The molecule has 1 heterocycles. The highest BCUT2D eigenvalue weighted by Gasteiger charge is 2.20. The molecule has 3 N–H and O–H groups in total. The van der Waals surface area contributed by atoms with Gasteiger partial charge in [0.1, 0.15) is 0 Å². The molecule has 1 aliphatic heterocycles. The van der Waals surface area contributed by atoms with Crippen LogP contribution in [0, 0.1) is 0 Å². The average Bonchev–Trinajstić information content (AvgIpc) is 2.46. The molecule has 0 radical (unpaired) electrons. The molecule has 0 aromatic carbocycles. The van der Waals surface area contributed by atoms with Crippen molar-refractivity contribution in [3.63, 3.8) is 0 Å². The fourth-order valence-electron chi connectivity index (χ4n) is 1.69. The van der Waals surface area contributed by atoms with E-state index in [0.717, 1.165) is 13.0 Å². The number of carbonyl (C=O) groups excluding carboxylic acids is 1. The van der Waals surface area contributed by atoms with Crippen LogP contribution in [0.4, 0.5) is 0 Å². The minimum Gasteiger partial charge on any atom is -0.393 e. The second-order valence-electron chi connectivity index (χ2n) is 3.72. The van der Waals surface area contributed by atoms with E-state index in [9.17, 15) is 4.79 Å². The molecule has 4 nitrogen and oxygen atoms in total. The predicted octanol–water partition coefficient (Wildman–Crippen LogP) is -0.127. The van der Waals surface area contributed by atoms with Gasteiger partial charge in [0.15, 0.2) is 0 Å². The molecular formula is C9H17N3OS. The van der Waals surface area contributed by atoms with Crippen LogP contribution in [0.3, 0.4) is 0 Å². The third-order valence-corrected chi connectivity index (χ3v) is 2.69. The topological polar surface area (TPSA) is 58.4 Å². The van der Waals surface area contributed by atoms with E-state index < -0.39 is 0 Å². The van der Waals surface area contributed by atoms with Gasteiger partial charge in [-0.2, -0.15) is 0 Å². The molecule has 80 valence electrons. The fraction of sp³-hybridized carbons (Fsp3) is 0.778. The summed E-state index contributed by atoms with van der Waals surface area (Å²) in [5.74, 6) is -0.0715. The molecule has 1 unspecified atom stereocenters. The zero-order chi connectivity index (χ0) is 10.6. The number of amides is 1. The molecule has 1 atom stereocenters. The summed E-state index contributed by atoms with van der Waals surface area (Å²) in [7, 11) is 2.08. The largest absolute Gasteiger partial charge is 0.393 e. The lowest BCUT2D eigenvalue weighted by molar-refractivity contribution is -0.120. The third kappa shape index (κ3) is 3.59. The first kappa shape index (κ1) is 11.4. The maximum absolute atomic E-state index is 11.2. The SMILES string of the molecule is CN1CCCC1CNC(=O)CC(N)=S. The number of rotatable bonds is 4.